The van der Waals surface area contributed by atoms with Crippen molar-refractivity contribution in [2.75, 3.05) is 25.0 Å². The zero-order valence-electron chi connectivity index (χ0n) is 17.0. The second-order valence-corrected chi connectivity index (χ2v) is 7.77. The van der Waals surface area contributed by atoms with Gasteiger partial charge in [-0.25, -0.2) is 4.39 Å². The van der Waals surface area contributed by atoms with Crippen molar-refractivity contribution in [3.63, 3.8) is 0 Å². The van der Waals surface area contributed by atoms with Crippen molar-refractivity contribution in [1.82, 2.24) is 10.2 Å². The summed E-state index contributed by atoms with van der Waals surface area (Å²) < 4.78 is 13.6. The molecule has 29 heavy (non-hydrogen) atoms. The van der Waals surface area contributed by atoms with Crippen molar-refractivity contribution in [1.29, 1.82) is 0 Å². The molecule has 1 fully saturated rings. The van der Waals surface area contributed by atoms with E-state index in [0.29, 0.717) is 44.6 Å². The SMILES string of the molecule is Cc1ccc(NC(=O)CN2CCC(C(=O)NCc3ccc(C)c(F)c3)CC2)cc1. The van der Waals surface area contributed by atoms with Gasteiger partial charge in [0.15, 0.2) is 0 Å². The number of rotatable bonds is 6. The van der Waals surface area contributed by atoms with E-state index in [1.54, 1.807) is 13.0 Å². The number of hydrogen-bond donors (Lipinski definition) is 2. The molecule has 2 amide bonds. The standard InChI is InChI=1S/C23H28FN3O2/c1-16-3-7-20(8-4-16)26-22(28)15-27-11-9-19(10-12-27)23(29)25-14-18-6-5-17(2)21(24)13-18/h3-8,13,19H,9-12,14-15H2,1-2H3,(H,25,29)(H,26,28). The van der Waals surface area contributed by atoms with E-state index in [-0.39, 0.29) is 23.5 Å². The summed E-state index contributed by atoms with van der Waals surface area (Å²) in [6.45, 7) is 5.79. The second-order valence-electron chi connectivity index (χ2n) is 7.77. The van der Waals surface area contributed by atoms with Crippen molar-refractivity contribution < 1.29 is 14.0 Å². The van der Waals surface area contributed by atoms with E-state index >= 15 is 0 Å². The Bertz CT molecular complexity index is 859. The van der Waals surface area contributed by atoms with Crippen LogP contribution in [-0.4, -0.2) is 36.3 Å². The zero-order valence-corrected chi connectivity index (χ0v) is 17.0. The van der Waals surface area contributed by atoms with E-state index in [2.05, 4.69) is 15.5 Å². The van der Waals surface area contributed by atoms with E-state index in [9.17, 15) is 14.0 Å². The number of aryl methyl sites for hydroxylation is 2. The van der Waals surface area contributed by atoms with Crippen molar-refractivity contribution in [2.24, 2.45) is 5.92 Å². The Balaban J connectivity index is 1.40. The number of amides is 2. The van der Waals surface area contributed by atoms with Gasteiger partial charge in [0.1, 0.15) is 5.82 Å². The molecule has 154 valence electrons. The number of nitrogens with one attached hydrogen (secondary N) is 2. The fourth-order valence-electron chi connectivity index (χ4n) is 3.47. The lowest BCUT2D eigenvalue weighted by Gasteiger charge is -2.30. The Labute approximate surface area is 171 Å². The van der Waals surface area contributed by atoms with E-state index in [0.717, 1.165) is 16.8 Å². The van der Waals surface area contributed by atoms with E-state index in [1.807, 2.05) is 37.3 Å². The molecule has 5 nitrogen and oxygen atoms in total. The Kier molecular flexibility index (Phi) is 6.99. The highest BCUT2D eigenvalue weighted by Gasteiger charge is 2.25. The molecule has 0 aliphatic carbocycles. The van der Waals surface area contributed by atoms with Gasteiger partial charge < -0.3 is 10.6 Å². The quantitative estimate of drug-likeness (QED) is 0.785. The fraction of sp³-hybridized carbons (Fsp3) is 0.391. The smallest absolute Gasteiger partial charge is 0.238 e. The molecule has 6 heteroatoms. The molecule has 2 aromatic carbocycles. The van der Waals surface area contributed by atoms with Crippen LogP contribution in [0.1, 0.15) is 29.5 Å². The van der Waals surface area contributed by atoms with Crippen LogP contribution in [0, 0.1) is 25.6 Å². The third kappa shape index (κ3) is 6.12. The summed E-state index contributed by atoms with van der Waals surface area (Å²) >= 11 is 0. The zero-order chi connectivity index (χ0) is 20.8. The number of carbonyl (C=O) groups excluding carboxylic acids is 2. The third-order valence-electron chi connectivity index (χ3n) is 5.36. The monoisotopic (exact) mass is 397 g/mol. The van der Waals surface area contributed by atoms with Crippen LogP contribution in [0.3, 0.4) is 0 Å². The molecular weight excluding hydrogens is 369 g/mol. The molecule has 2 aromatic rings. The Morgan fingerprint density at radius 3 is 2.41 bits per heavy atom. The first-order chi connectivity index (χ1) is 13.9. The van der Waals surface area contributed by atoms with E-state index in [4.69, 9.17) is 0 Å². The molecule has 0 saturated carbocycles. The fourth-order valence-corrected chi connectivity index (χ4v) is 3.47. The summed E-state index contributed by atoms with van der Waals surface area (Å²) in [6.07, 6.45) is 1.43. The number of halogens is 1. The van der Waals surface area contributed by atoms with Crippen molar-refractivity contribution in [2.45, 2.75) is 33.2 Å². The average molecular weight is 397 g/mol. The number of piperidine rings is 1. The normalized spacial score (nSPS) is 15.1. The van der Waals surface area contributed by atoms with Gasteiger partial charge in [0.25, 0.3) is 0 Å². The van der Waals surface area contributed by atoms with Crippen molar-refractivity contribution in [3.05, 3.63) is 65.0 Å². The average Bonchev–Trinajstić information content (AvgIpc) is 2.71. The summed E-state index contributed by atoms with van der Waals surface area (Å²) in [5.41, 5.74) is 3.30. The predicted octanol–water partition coefficient (Wildman–Crippen LogP) is 3.41. The molecule has 3 rings (SSSR count). The molecular formula is C23H28FN3O2. The van der Waals surface area contributed by atoms with Gasteiger partial charge in [0, 0.05) is 18.2 Å². The lowest BCUT2D eigenvalue weighted by molar-refractivity contribution is -0.126. The number of hydrogen-bond acceptors (Lipinski definition) is 3. The number of anilines is 1. The first-order valence-corrected chi connectivity index (χ1v) is 10.0. The third-order valence-corrected chi connectivity index (χ3v) is 5.36. The van der Waals surface area contributed by atoms with E-state index in [1.165, 1.54) is 6.07 Å². The molecule has 1 aliphatic rings. The van der Waals surface area contributed by atoms with Crippen LogP contribution < -0.4 is 10.6 Å². The maximum absolute atomic E-state index is 13.6. The molecule has 1 aliphatic heterocycles. The van der Waals surface area contributed by atoms with Gasteiger partial charge in [-0.2, -0.15) is 0 Å². The molecule has 0 aromatic heterocycles. The maximum atomic E-state index is 13.6. The van der Waals surface area contributed by atoms with Gasteiger partial charge >= 0.3 is 0 Å². The van der Waals surface area contributed by atoms with Gasteiger partial charge in [-0.1, -0.05) is 29.8 Å². The van der Waals surface area contributed by atoms with Crippen molar-refractivity contribution >= 4 is 17.5 Å². The molecule has 0 bridgehead atoms. The molecule has 0 unspecified atom stereocenters. The van der Waals surface area contributed by atoms with Crippen LogP contribution in [0.25, 0.3) is 0 Å². The van der Waals surface area contributed by atoms with Crippen LogP contribution in [0.4, 0.5) is 10.1 Å². The lowest BCUT2D eigenvalue weighted by atomic mass is 9.95. The summed E-state index contributed by atoms with van der Waals surface area (Å²) in [7, 11) is 0. The summed E-state index contributed by atoms with van der Waals surface area (Å²) in [5, 5.41) is 5.81. The van der Waals surface area contributed by atoms with Gasteiger partial charge in [0.2, 0.25) is 11.8 Å². The van der Waals surface area contributed by atoms with Crippen LogP contribution in [0.2, 0.25) is 0 Å². The molecule has 2 N–H and O–H groups in total. The molecule has 1 saturated heterocycles. The van der Waals surface area contributed by atoms with E-state index < -0.39 is 0 Å². The highest BCUT2D eigenvalue weighted by molar-refractivity contribution is 5.92. The Morgan fingerprint density at radius 2 is 1.76 bits per heavy atom. The van der Waals surface area contributed by atoms with Crippen LogP contribution >= 0.6 is 0 Å². The number of likely N-dealkylation sites (tertiary alicyclic amines) is 1. The summed E-state index contributed by atoms with van der Waals surface area (Å²) in [5.74, 6) is -0.372. The summed E-state index contributed by atoms with van der Waals surface area (Å²) in [6, 6.07) is 12.7. The van der Waals surface area contributed by atoms with Gasteiger partial charge in [-0.3, -0.25) is 14.5 Å². The van der Waals surface area contributed by atoms with Crippen LogP contribution in [-0.2, 0) is 16.1 Å². The largest absolute Gasteiger partial charge is 0.352 e. The minimum absolute atomic E-state index is 0.00487. The highest BCUT2D eigenvalue weighted by Crippen LogP contribution is 2.18. The predicted molar refractivity (Wildman–Crippen MR) is 112 cm³/mol. The van der Waals surface area contributed by atoms with Gasteiger partial charge in [-0.15, -0.1) is 0 Å². The topological polar surface area (TPSA) is 61.4 Å². The van der Waals surface area contributed by atoms with Crippen LogP contribution in [0.15, 0.2) is 42.5 Å². The first kappa shape index (κ1) is 21.0. The maximum Gasteiger partial charge on any atom is 0.238 e. The van der Waals surface area contributed by atoms with Gasteiger partial charge in [-0.05, 0) is 69.1 Å². The van der Waals surface area contributed by atoms with Crippen LogP contribution in [0.5, 0.6) is 0 Å². The number of nitrogens with zero attached hydrogens (tertiary/aromatic N) is 1. The molecule has 0 radical (unpaired) electrons. The molecule has 0 spiro atoms. The number of benzene rings is 2. The first-order valence-electron chi connectivity index (χ1n) is 10.0. The van der Waals surface area contributed by atoms with Gasteiger partial charge in [0.05, 0.1) is 6.54 Å². The Hall–Kier alpha value is -2.73. The lowest BCUT2D eigenvalue weighted by Crippen LogP contribution is -2.43. The molecule has 0 atom stereocenters. The molecule has 1 heterocycles. The van der Waals surface area contributed by atoms with Crippen molar-refractivity contribution in [3.8, 4) is 0 Å². The Morgan fingerprint density at radius 1 is 1.07 bits per heavy atom. The minimum atomic E-state index is -0.256. The second kappa shape index (κ2) is 9.65. The summed E-state index contributed by atoms with van der Waals surface area (Å²) in [4.78, 5) is 26.7. The highest BCUT2D eigenvalue weighted by atomic mass is 19.1. The number of carbonyl (C=O) groups is 2. The minimum Gasteiger partial charge on any atom is -0.352 e.